The lowest BCUT2D eigenvalue weighted by Crippen LogP contribution is -2.41. The molecule has 1 aliphatic heterocycles. The van der Waals surface area contributed by atoms with E-state index in [1.165, 1.54) is 14.2 Å². The predicted octanol–water partition coefficient (Wildman–Crippen LogP) is 2.83. The Balaban J connectivity index is 0.000000738. The van der Waals surface area contributed by atoms with E-state index in [4.69, 9.17) is 19.4 Å². The Morgan fingerprint density at radius 1 is 1.17 bits per heavy atom. The molecule has 1 aromatic heterocycles. The first-order valence-corrected chi connectivity index (χ1v) is 14.0. The molecule has 2 atom stereocenters. The number of hydrogen-bond acceptors (Lipinski definition) is 10. The Morgan fingerprint density at radius 3 is 2.48 bits per heavy atom. The summed E-state index contributed by atoms with van der Waals surface area (Å²) in [7, 11) is 2.79. The quantitative estimate of drug-likeness (QED) is 0.142. The number of carbonyl (C=O) groups excluding carboxylic acids is 3. The molecule has 6 N–H and O–H groups in total. The van der Waals surface area contributed by atoms with Crippen molar-refractivity contribution in [3.05, 3.63) is 52.1 Å². The highest BCUT2D eigenvalue weighted by molar-refractivity contribution is 9.10. The molecule has 1 unspecified atom stereocenters. The number of methoxy groups -OCH3 is 2. The predicted molar refractivity (Wildman–Crippen MR) is 159 cm³/mol. The molecule has 0 spiro atoms. The van der Waals surface area contributed by atoms with Crippen LogP contribution in [0.5, 0.6) is 5.75 Å². The van der Waals surface area contributed by atoms with Crippen LogP contribution in [0.25, 0.3) is 10.9 Å². The van der Waals surface area contributed by atoms with E-state index in [-0.39, 0.29) is 31.6 Å². The third-order valence-corrected chi connectivity index (χ3v) is 6.80. The summed E-state index contributed by atoms with van der Waals surface area (Å²) in [5.41, 5.74) is 2.01. The van der Waals surface area contributed by atoms with Crippen LogP contribution in [0, 0.1) is 0 Å². The molecule has 2 aromatic carbocycles. The van der Waals surface area contributed by atoms with Gasteiger partial charge >= 0.3 is 18.1 Å². The number of guanidine groups is 1. The van der Waals surface area contributed by atoms with E-state index in [1.54, 1.807) is 36.5 Å². The standard InChI is InChI=1S/C25H27BrFN7O5.C2HF3O2/c1-38-21-4-3-13(5-17(21)26)18(8-23(36)39-2)32-22(35)12-28-24(37)14-6-19(16-11-31-34-20(16)7-14)33-25-29-9-15(27)10-30-25;3-2(4,5)1(6)7/h3-7,11,15,18H,8-10,12H2,1-2H3,(H,28,37)(H,31,34)(H,32,35)(H2,29,30,33);(H,6,7)/t18-;/m0./s1. The molecular weight excluding hydrogens is 690 g/mol. The van der Waals surface area contributed by atoms with Gasteiger partial charge in [-0.05, 0) is 45.8 Å². The van der Waals surface area contributed by atoms with Crippen molar-refractivity contribution >= 4 is 62.2 Å². The van der Waals surface area contributed by atoms with Crippen LogP contribution in [-0.4, -0.2) is 91.2 Å². The lowest BCUT2D eigenvalue weighted by molar-refractivity contribution is -0.192. The summed E-state index contributed by atoms with van der Waals surface area (Å²) >= 11 is 3.40. The number of aromatic amines is 1. The highest BCUT2D eigenvalue weighted by Gasteiger charge is 2.38. The third kappa shape index (κ3) is 10.0. The number of carboxylic acid groups (broad SMARTS) is 1. The van der Waals surface area contributed by atoms with E-state index in [0.29, 0.717) is 38.3 Å². The number of carbonyl (C=O) groups is 4. The lowest BCUT2D eigenvalue weighted by Gasteiger charge is -2.20. The second-order valence-corrected chi connectivity index (χ2v) is 10.3. The Bertz CT molecular complexity index is 1620. The molecule has 0 fully saturated rings. The number of amides is 2. The van der Waals surface area contributed by atoms with Crippen LogP contribution >= 0.6 is 15.9 Å². The van der Waals surface area contributed by atoms with E-state index in [9.17, 15) is 31.9 Å². The average Bonchev–Trinajstić information content (AvgIpc) is 3.49. The number of ether oxygens (including phenoxy) is 2. The van der Waals surface area contributed by atoms with Crippen LogP contribution in [0.4, 0.5) is 23.2 Å². The summed E-state index contributed by atoms with van der Waals surface area (Å²) < 4.78 is 55.8. The van der Waals surface area contributed by atoms with Gasteiger partial charge in [0.2, 0.25) is 5.91 Å². The molecule has 0 aliphatic carbocycles. The summed E-state index contributed by atoms with van der Waals surface area (Å²) in [5, 5.41) is 26.0. The maximum Gasteiger partial charge on any atom is 0.490 e. The zero-order valence-corrected chi connectivity index (χ0v) is 25.7. The molecule has 46 heavy (non-hydrogen) atoms. The van der Waals surface area contributed by atoms with E-state index in [0.717, 1.165) is 0 Å². The number of esters is 1. The number of fused-ring (bicyclic) bond motifs is 1. The lowest BCUT2D eigenvalue weighted by atomic mass is 10.0. The van der Waals surface area contributed by atoms with Crippen LogP contribution in [0.1, 0.15) is 28.4 Å². The van der Waals surface area contributed by atoms with Crippen molar-refractivity contribution in [1.82, 2.24) is 26.1 Å². The maximum absolute atomic E-state index is 13.4. The van der Waals surface area contributed by atoms with Crippen LogP contribution in [0.2, 0.25) is 0 Å². The van der Waals surface area contributed by atoms with Crippen molar-refractivity contribution in [2.75, 3.05) is 39.2 Å². The number of alkyl halides is 4. The first-order valence-electron chi connectivity index (χ1n) is 13.2. The minimum absolute atomic E-state index is 0.0314. The minimum Gasteiger partial charge on any atom is -0.496 e. The fourth-order valence-electron chi connectivity index (χ4n) is 3.92. The molecule has 4 rings (SSSR count). The second-order valence-electron chi connectivity index (χ2n) is 9.43. The van der Waals surface area contributed by atoms with Crippen LogP contribution in [0.15, 0.2) is 46.0 Å². The summed E-state index contributed by atoms with van der Waals surface area (Å²) in [5.74, 6) is -3.31. The Morgan fingerprint density at radius 2 is 1.89 bits per heavy atom. The Labute approximate surface area is 266 Å². The number of rotatable bonds is 9. The molecule has 2 heterocycles. The number of carboxylic acids is 1. The van der Waals surface area contributed by atoms with E-state index in [1.807, 2.05) is 0 Å². The number of aromatic nitrogens is 2. The number of aliphatic imine (C=N–C) groups is 1. The van der Waals surface area contributed by atoms with Gasteiger partial charge in [0, 0.05) is 10.9 Å². The van der Waals surface area contributed by atoms with Gasteiger partial charge in [-0.2, -0.15) is 18.3 Å². The van der Waals surface area contributed by atoms with Crippen molar-refractivity contribution in [2.24, 2.45) is 4.99 Å². The zero-order valence-electron chi connectivity index (χ0n) is 24.1. The number of aliphatic carboxylic acids is 1. The topological polar surface area (TPSA) is 196 Å². The minimum atomic E-state index is -5.08. The van der Waals surface area contributed by atoms with Gasteiger partial charge in [0.05, 0.1) is 68.2 Å². The SMILES string of the molecule is COC(=O)C[C@H](NC(=O)CNC(=O)c1cc(NC2=NCC(F)CN2)c2cn[nH]c2c1)c1ccc(OC)c(Br)c1.O=C(O)C(F)(F)F. The summed E-state index contributed by atoms with van der Waals surface area (Å²) in [6, 6.07) is 7.66. The summed E-state index contributed by atoms with van der Waals surface area (Å²) in [6.07, 6.45) is -4.67. The van der Waals surface area contributed by atoms with Gasteiger partial charge in [-0.3, -0.25) is 19.5 Å². The average molecular weight is 718 g/mol. The van der Waals surface area contributed by atoms with E-state index >= 15 is 0 Å². The van der Waals surface area contributed by atoms with Crippen molar-refractivity contribution in [2.45, 2.75) is 24.8 Å². The van der Waals surface area contributed by atoms with Gasteiger partial charge < -0.3 is 35.8 Å². The van der Waals surface area contributed by atoms with Crippen LogP contribution in [-0.2, 0) is 19.1 Å². The first-order chi connectivity index (χ1) is 21.7. The van der Waals surface area contributed by atoms with Crippen LogP contribution in [0.3, 0.4) is 0 Å². The smallest absolute Gasteiger partial charge is 0.490 e. The number of H-pyrrole nitrogens is 1. The molecule has 248 valence electrons. The molecule has 2 amide bonds. The highest BCUT2D eigenvalue weighted by atomic mass is 79.9. The van der Waals surface area contributed by atoms with Gasteiger partial charge in [0.25, 0.3) is 5.91 Å². The molecule has 1 aliphatic rings. The van der Waals surface area contributed by atoms with Gasteiger partial charge in [0.15, 0.2) is 5.96 Å². The number of halogens is 5. The fourth-order valence-corrected chi connectivity index (χ4v) is 4.48. The fraction of sp³-hybridized carbons (Fsp3) is 0.333. The summed E-state index contributed by atoms with van der Waals surface area (Å²) in [4.78, 5) is 50.7. The Kier molecular flexibility index (Phi) is 12.3. The number of anilines is 1. The molecule has 3 aromatic rings. The zero-order chi connectivity index (χ0) is 34.0. The third-order valence-electron chi connectivity index (χ3n) is 6.18. The first kappa shape index (κ1) is 35.5. The number of nitrogens with zero attached hydrogens (tertiary/aromatic N) is 2. The molecule has 0 saturated heterocycles. The largest absolute Gasteiger partial charge is 0.496 e. The number of hydrogen-bond donors (Lipinski definition) is 6. The molecule has 19 heteroatoms. The van der Waals surface area contributed by atoms with Crippen molar-refractivity contribution in [3.8, 4) is 5.75 Å². The van der Waals surface area contributed by atoms with Gasteiger partial charge in [-0.15, -0.1) is 0 Å². The Hall–Kier alpha value is -4.94. The number of nitrogens with one attached hydrogen (secondary N) is 5. The molecule has 0 radical (unpaired) electrons. The molecule has 14 nitrogen and oxygen atoms in total. The van der Waals surface area contributed by atoms with Crippen molar-refractivity contribution in [3.63, 3.8) is 0 Å². The maximum atomic E-state index is 13.4. The highest BCUT2D eigenvalue weighted by Crippen LogP contribution is 2.29. The normalized spacial score (nSPS) is 14.8. The molecule has 0 saturated carbocycles. The number of benzene rings is 2. The summed E-state index contributed by atoms with van der Waals surface area (Å²) in [6.45, 7) is -0.187. The van der Waals surface area contributed by atoms with Gasteiger partial charge in [0.1, 0.15) is 11.9 Å². The van der Waals surface area contributed by atoms with Crippen LogP contribution < -0.4 is 26.0 Å². The second kappa shape index (κ2) is 15.9. The van der Waals surface area contributed by atoms with E-state index < -0.39 is 42.1 Å². The van der Waals surface area contributed by atoms with Gasteiger partial charge in [-0.1, -0.05) is 6.07 Å². The van der Waals surface area contributed by atoms with E-state index in [2.05, 4.69) is 52.4 Å². The van der Waals surface area contributed by atoms with Crippen molar-refractivity contribution in [1.29, 1.82) is 0 Å². The van der Waals surface area contributed by atoms with Gasteiger partial charge in [-0.25, -0.2) is 14.2 Å². The molecule has 0 bridgehead atoms. The monoisotopic (exact) mass is 717 g/mol. The molecular formula is C27H28BrF4N7O7. The van der Waals surface area contributed by atoms with Crippen molar-refractivity contribution < 1.29 is 51.3 Å².